The van der Waals surface area contributed by atoms with E-state index in [9.17, 15) is 0 Å². The van der Waals surface area contributed by atoms with Gasteiger partial charge in [-0.05, 0) is 75.3 Å². The van der Waals surface area contributed by atoms with Crippen LogP contribution in [0.25, 0.3) is 72.0 Å². The lowest BCUT2D eigenvalue weighted by Crippen LogP contribution is -2.17. The van der Waals surface area contributed by atoms with Gasteiger partial charge in [-0.2, -0.15) is 0 Å². The van der Waals surface area contributed by atoms with Crippen molar-refractivity contribution in [2.45, 2.75) is 19.3 Å². The van der Waals surface area contributed by atoms with Gasteiger partial charge in [-0.25, -0.2) is 0 Å². The van der Waals surface area contributed by atoms with Crippen LogP contribution in [0.5, 0.6) is 0 Å². The van der Waals surface area contributed by atoms with E-state index in [4.69, 9.17) is 0 Å². The van der Waals surface area contributed by atoms with Crippen LogP contribution in [0.2, 0.25) is 0 Å². The molecule has 59 heavy (non-hydrogen) atoms. The van der Waals surface area contributed by atoms with E-state index < -0.39 is 0 Å². The van der Waals surface area contributed by atoms with Crippen molar-refractivity contribution in [3.63, 3.8) is 0 Å². The van der Waals surface area contributed by atoms with Crippen molar-refractivity contribution in [1.82, 2.24) is 4.57 Å². The van der Waals surface area contributed by atoms with Crippen LogP contribution in [0.1, 0.15) is 25.0 Å². The molecule has 0 N–H and O–H groups in total. The molecular formula is C57H42N2. The fourth-order valence-corrected chi connectivity index (χ4v) is 9.61. The lowest BCUT2D eigenvalue weighted by molar-refractivity contribution is 0.660. The van der Waals surface area contributed by atoms with Gasteiger partial charge in [0.1, 0.15) is 0 Å². The zero-order chi connectivity index (χ0) is 39.5. The highest BCUT2D eigenvalue weighted by Crippen LogP contribution is 2.52. The monoisotopic (exact) mass is 754 g/mol. The molecule has 9 aromatic carbocycles. The molecule has 1 aliphatic carbocycles. The van der Waals surface area contributed by atoms with E-state index in [2.05, 4.69) is 242 Å². The third-order valence-electron chi connectivity index (χ3n) is 12.4. The Morgan fingerprint density at radius 2 is 0.847 bits per heavy atom. The number of anilines is 3. The van der Waals surface area contributed by atoms with Gasteiger partial charge < -0.3 is 9.47 Å². The first-order valence-corrected chi connectivity index (χ1v) is 20.5. The van der Waals surface area contributed by atoms with Crippen molar-refractivity contribution >= 4 is 38.9 Å². The minimum Gasteiger partial charge on any atom is -0.310 e. The fraction of sp³-hybridized carbons (Fsp3) is 0.0526. The number of fused-ring (bicyclic) bond motifs is 6. The summed E-state index contributed by atoms with van der Waals surface area (Å²) in [5, 5.41) is 2.44. The zero-order valence-electron chi connectivity index (χ0n) is 33.2. The largest absolute Gasteiger partial charge is 0.310 e. The van der Waals surface area contributed by atoms with Crippen molar-refractivity contribution in [3.05, 3.63) is 230 Å². The zero-order valence-corrected chi connectivity index (χ0v) is 33.2. The molecule has 0 atom stereocenters. The predicted molar refractivity (Wildman–Crippen MR) is 249 cm³/mol. The minimum absolute atomic E-state index is 0.141. The second-order valence-electron chi connectivity index (χ2n) is 16.1. The molecule has 0 saturated carbocycles. The third-order valence-corrected chi connectivity index (χ3v) is 12.4. The molecule has 1 heterocycles. The molecule has 1 aliphatic rings. The first-order chi connectivity index (χ1) is 29.1. The lowest BCUT2D eigenvalue weighted by atomic mass is 9.82. The van der Waals surface area contributed by atoms with Gasteiger partial charge in [0.2, 0.25) is 0 Å². The van der Waals surface area contributed by atoms with Crippen LogP contribution in [0.15, 0.2) is 218 Å². The molecule has 0 bridgehead atoms. The minimum atomic E-state index is -0.141. The van der Waals surface area contributed by atoms with Crippen LogP contribution in [-0.2, 0) is 5.41 Å². The second kappa shape index (κ2) is 13.9. The van der Waals surface area contributed by atoms with Gasteiger partial charge >= 0.3 is 0 Å². The number of hydrogen-bond donors (Lipinski definition) is 0. The molecule has 0 saturated heterocycles. The molecule has 0 radical (unpaired) electrons. The molecule has 0 aliphatic heterocycles. The molecular weight excluding hydrogens is 713 g/mol. The van der Waals surface area contributed by atoms with Crippen LogP contribution in [0.3, 0.4) is 0 Å². The Morgan fingerprint density at radius 3 is 1.54 bits per heavy atom. The standard InChI is InChI=1S/C57H42N2/c1-57(2)51-30-15-12-26-47(51)48-35-33-42(37-52(48)57)58(53-31-16-13-25-44(53)39-19-6-3-7-20-39)43-34-36-50-49-27-14-17-32-54(49)59(55(50)38-43)56-45(40-21-8-4-9-22-40)28-18-29-46(56)41-23-10-5-11-24-41/h3-38H,1-2H3. The SMILES string of the molecule is CC1(C)c2ccccc2-c2ccc(N(c3ccc4c5ccccc5n(-c5c(-c6ccccc6)cccc5-c5ccccc5)c4c3)c3ccccc3-c3ccccc3)cc21. The Hall–Kier alpha value is -7.42. The first kappa shape index (κ1) is 34.8. The summed E-state index contributed by atoms with van der Waals surface area (Å²) < 4.78 is 2.52. The Morgan fingerprint density at radius 1 is 0.356 bits per heavy atom. The van der Waals surface area contributed by atoms with Gasteiger partial charge in [-0.3, -0.25) is 0 Å². The predicted octanol–water partition coefficient (Wildman–Crippen LogP) is 15.6. The van der Waals surface area contributed by atoms with E-state index in [1.807, 2.05) is 0 Å². The molecule has 0 unspecified atom stereocenters. The Balaban J connectivity index is 1.21. The number of hydrogen-bond acceptors (Lipinski definition) is 1. The van der Waals surface area contributed by atoms with Crippen molar-refractivity contribution < 1.29 is 0 Å². The van der Waals surface area contributed by atoms with Crippen LogP contribution < -0.4 is 4.90 Å². The van der Waals surface area contributed by atoms with Gasteiger partial charge in [-0.1, -0.05) is 196 Å². The van der Waals surface area contributed by atoms with Crippen LogP contribution in [0.4, 0.5) is 17.1 Å². The number of nitrogens with zero attached hydrogens (tertiary/aromatic N) is 2. The molecule has 0 spiro atoms. The number of para-hydroxylation sites is 3. The lowest BCUT2D eigenvalue weighted by Gasteiger charge is -2.30. The highest BCUT2D eigenvalue weighted by molar-refractivity contribution is 6.12. The number of rotatable bonds is 7. The second-order valence-corrected chi connectivity index (χ2v) is 16.1. The Kier molecular flexibility index (Phi) is 8.20. The Labute approximate surface area is 345 Å². The Bertz CT molecular complexity index is 3120. The topological polar surface area (TPSA) is 8.17 Å². The van der Waals surface area contributed by atoms with E-state index in [-0.39, 0.29) is 5.41 Å². The maximum absolute atomic E-state index is 2.52. The molecule has 2 heteroatoms. The van der Waals surface area contributed by atoms with Gasteiger partial charge in [-0.15, -0.1) is 0 Å². The smallest absolute Gasteiger partial charge is 0.0618 e. The van der Waals surface area contributed by atoms with E-state index in [1.54, 1.807) is 0 Å². The molecule has 2 nitrogen and oxygen atoms in total. The quantitative estimate of drug-likeness (QED) is 0.157. The van der Waals surface area contributed by atoms with Crippen LogP contribution >= 0.6 is 0 Å². The third kappa shape index (κ3) is 5.63. The summed E-state index contributed by atoms with van der Waals surface area (Å²) in [6.07, 6.45) is 0. The van der Waals surface area contributed by atoms with E-state index in [0.29, 0.717) is 0 Å². The van der Waals surface area contributed by atoms with E-state index >= 15 is 0 Å². The molecule has 10 aromatic rings. The fourth-order valence-electron chi connectivity index (χ4n) is 9.61. The van der Waals surface area contributed by atoms with E-state index in [1.165, 1.54) is 77.6 Å². The summed E-state index contributed by atoms with van der Waals surface area (Å²) >= 11 is 0. The molecule has 280 valence electrons. The number of aromatic nitrogens is 1. The van der Waals surface area contributed by atoms with Crippen molar-refractivity contribution in [1.29, 1.82) is 0 Å². The summed E-state index contributed by atoms with van der Waals surface area (Å²) in [5.74, 6) is 0. The maximum Gasteiger partial charge on any atom is 0.0618 e. The van der Waals surface area contributed by atoms with Crippen molar-refractivity contribution in [3.8, 4) is 50.2 Å². The van der Waals surface area contributed by atoms with Crippen LogP contribution in [-0.4, -0.2) is 4.57 Å². The van der Waals surface area contributed by atoms with Crippen molar-refractivity contribution in [2.75, 3.05) is 4.90 Å². The van der Waals surface area contributed by atoms with Crippen LogP contribution in [0, 0.1) is 0 Å². The average Bonchev–Trinajstić information content (AvgIpc) is 3.74. The molecule has 0 amide bonds. The van der Waals surface area contributed by atoms with Gasteiger partial charge in [0.25, 0.3) is 0 Å². The summed E-state index contributed by atoms with van der Waals surface area (Å²) in [6, 6.07) is 79.9. The highest BCUT2D eigenvalue weighted by Gasteiger charge is 2.36. The van der Waals surface area contributed by atoms with Gasteiger partial charge in [0, 0.05) is 44.3 Å². The summed E-state index contributed by atoms with van der Waals surface area (Å²) in [4.78, 5) is 2.48. The van der Waals surface area contributed by atoms with Gasteiger partial charge in [0.05, 0.1) is 22.4 Å². The molecule has 1 aromatic heterocycles. The van der Waals surface area contributed by atoms with Crippen molar-refractivity contribution in [2.24, 2.45) is 0 Å². The molecule has 11 rings (SSSR count). The highest BCUT2D eigenvalue weighted by atomic mass is 15.1. The normalized spacial score (nSPS) is 12.7. The molecule has 0 fully saturated rings. The van der Waals surface area contributed by atoms with Gasteiger partial charge in [0.15, 0.2) is 0 Å². The number of benzene rings is 9. The summed E-state index contributed by atoms with van der Waals surface area (Å²) in [5.41, 5.74) is 19.2. The first-order valence-electron chi connectivity index (χ1n) is 20.5. The average molecular weight is 755 g/mol. The van der Waals surface area contributed by atoms with E-state index in [0.717, 1.165) is 22.6 Å². The summed E-state index contributed by atoms with van der Waals surface area (Å²) in [7, 11) is 0. The maximum atomic E-state index is 2.52. The summed E-state index contributed by atoms with van der Waals surface area (Å²) in [6.45, 7) is 4.73.